The van der Waals surface area contributed by atoms with Crippen LogP contribution in [0, 0.1) is 6.92 Å². The average Bonchev–Trinajstić information content (AvgIpc) is 2.58. The molecular formula is C20H19FSi. The molecule has 0 saturated carbocycles. The van der Waals surface area contributed by atoms with Gasteiger partial charge in [-0.2, -0.15) is 0 Å². The standard InChI is InChI=1S/C20H19FSi/c1-17-12-14-18(15-13-17)16-22(21,19-8-4-2-5-9-19)20-10-6-3-7-11-20/h2-15H,16H2,1H3. The molecule has 0 bridgehead atoms. The molecule has 0 N–H and O–H groups in total. The summed E-state index contributed by atoms with van der Waals surface area (Å²) < 4.78 is 16.2. The Bertz CT molecular complexity index is 681. The molecule has 0 aliphatic heterocycles. The monoisotopic (exact) mass is 306 g/mol. The molecule has 0 radical (unpaired) electrons. The van der Waals surface area contributed by atoms with Gasteiger partial charge in [0, 0.05) is 6.04 Å². The Labute approximate surface area is 132 Å². The first-order valence-corrected chi connectivity index (χ1v) is 9.62. The first-order chi connectivity index (χ1) is 10.7. The normalized spacial score (nSPS) is 11.4. The zero-order valence-electron chi connectivity index (χ0n) is 12.7. The van der Waals surface area contributed by atoms with Crippen molar-refractivity contribution in [1.29, 1.82) is 0 Å². The van der Waals surface area contributed by atoms with Gasteiger partial charge in [0.05, 0.1) is 0 Å². The highest BCUT2D eigenvalue weighted by Crippen LogP contribution is 2.15. The largest absolute Gasteiger partial charge is 0.312 e. The van der Waals surface area contributed by atoms with E-state index in [2.05, 4.69) is 19.1 Å². The smallest absolute Gasteiger partial charge is 0.301 e. The van der Waals surface area contributed by atoms with Gasteiger partial charge in [0.25, 0.3) is 0 Å². The molecule has 0 aliphatic carbocycles. The van der Waals surface area contributed by atoms with Crippen molar-refractivity contribution in [1.82, 2.24) is 0 Å². The Morgan fingerprint density at radius 3 is 1.59 bits per heavy atom. The van der Waals surface area contributed by atoms with Gasteiger partial charge in [-0.05, 0) is 22.9 Å². The summed E-state index contributed by atoms with van der Waals surface area (Å²) >= 11 is 0. The summed E-state index contributed by atoms with van der Waals surface area (Å²) in [7, 11) is -3.26. The molecular weight excluding hydrogens is 287 g/mol. The molecule has 0 aliphatic rings. The number of halogens is 1. The Morgan fingerprint density at radius 1 is 0.682 bits per heavy atom. The Morgan fingerprint density at radius 2 is 1.14 bits per heavy atom. The van der Waals surface area contributed by atoms with Crippen LogP contribution in [0.25, 0.3) is 0 Å². The molecule has 0 heterocycles. The average molecular weight is 306 g/mol. The molecule has 0 fully saturated rings. The van der Waals surface area contributed by atoms with Crippen molar-refractivity contribution >= 4 is 18.8 Å². The van der Waals surface area contributed by atoms with Gasteiger partial charge in [-0.1, -0.05) is 90.5 Å². The van der Waals surface area contributed by atoms with E-state index in [0.29, 0.717) is 6.04 Å². The highest BCUT2D eigenvalue weighted by atomic mass is 28.4. The van der Waals surface area contributed by atoms with E-state index in [1.807, 2.05) is 72.8 Å². The fourth-order valence-electron chi connectivity index (χ4n) is 2.76. The number of hydrogen-bond donors (Lipinski definition) is 0. The molecule has 0 spiro atoms. The van der Waals surface area contributed by atoms with Crippen molar-refractivity contribution in [2.45, 2.75) is 13.0 Å². The molecule has 3 rings (SSSR count). The second-order valence-electron chi connectivity index (χ2n) is 5.70. The number of benzene rings is 3. The lowest BCUT2D eigenvalue weighted by Crippen LogP contribution is -2.56. The summed E-state index contributed by atoms with van der Waals surface area (Å²) in [4.78, 5) is 0. The van der Waals surface area contributed by atoms with Gasteiger partial charge in [0.1, 0.15) is 0 Å². The zero-order valence-corrected chi connectivity index (χ0v) is 13.7. The van der Waals surface area contributed by atoms with Crippen LogP contribution >= 0.6 is 0 Å². The molecule has 0 saturated heterocycles. The fraction of sp³-hybridized carbons (Fsp3) is 0.100. The number of hydrogen-bond acceptors (Lipinski definition) is 0. The minimum Gasteiger partial charge on any atom is -0.301 e. The summed E-state index contributed by atoms with van der Waals surface area (Å²) in [5.74, 6) is 0. The van der Waals surface area contributed by atoms with Crippen LogP contribution in [-0.4, -0.2) is 8.41 Å². The van der Waals surface area contributed by atoms with E-state index in [-0.39, 0.29) is 0 Å². The zero-order chi connectivity index (χ0) is 15.4. The van der Waals surface area contributed by atoms with Gasteiger partial charge in [-0.25, -0.2) is 0 Å². The van der Waals surface area contributed by atoms with Crippen molar-refractivity contribution in [3.63, 3.8) is 0 Å². The summed E-state index contributed by atoms with van der Waals surface area (Å²) in [6, 6.07) is 28.0. The van der Waals surface area contributed by atoms with Crippen molar-refractivity contribution in [2.75, 3.05) is 0 Å². The van der Waals surface area contributed by atoms with Crippen LogP contribution in [0.4, 0.5) is 4.11 Å². The quantitative estimate of drug-likeness (QED) is 0.508. The van der Waals surface area contributed by atoms with Crippen LogP contribution in [0.15, 0.2) is 84.9 Å². The Hall–Kier alpha value is -2.19. The maximum absolute atomic E-state index is 16.2. The van der Waals surface area contributed by atoms with Gasteiger partial charge in [-0.3, -0.25) is 0 Å². The van der Waals surface area contributed by atoms with Gasteiger partial charge in [0.2, 0.25) is 0 Å². The van der Waals surface area contributed by atoms with Gasteiger partial charge in [0.15, 0.2) is 0 Å². The van der Waals surface area contributed by atoms with E-state index < -0.39 is 8.41 Å². The third kappa shape index (κ3) is 3.02. The lowest BCUT2D eigenvalue weighted by Gasteiger charge is -2.24. The van der Waals surface area contributed by atoms with Crippen LogP contribution in [0.2, 0.25) is 0 Å². The third-order valence-electron chi connectivity index (χ3n) is 4.03. The summed E-state index contributed by atoms with van der Waals surface area (Å²) in [5, 5.41) is 1.67. The molecule has 22 heavy (non-hydrogen) atoms. The van der Waals surface area contributed by atoms with Crippen molar-refractivity contribution < 1.29 is 4.11 Å². The second kappa shape index (κ2) is 6.28. The number of aryl methyl sites for hydroxylation is 1. The van der Waals surface area contributed by atoms with Gasteiger partial charge in [-0.15, -0.1) is 0 Å². The van der Waals surface area contributed by atoms with Crippen LogP contribution < -0.4 is 10.4 Å². The molecule has 0 unspecified atom stereocenters. The molecule has 0 atom stereocenters. The van der Waals surface area contributed by atoms with Crippen molar-refractivity contribution in [3.05, 3.63) is 96.1 Å². The first kappa shape index (κ1) is 14.7. The highest BCUT2D eigenvalue weighted by molar-refractivity contribution is 6.96. The lowest BCUT2D eigenvalue weighted by atomic mass is 10.2. The first-order valence-electron chi connectivity index (χ1n) is 7.54. The summed E-state index contributed by atoms with van der Waals surface area (Å²) in [6.45, 7) is 2.05. The second-order valence-corrected chi connectivity index (χ2v) is 8.81. The van der Waals surface area contributed by atoms with E-state index in [1.54, 1.807) is 0 Å². The highest BCUT2D eigenvalue weighted by Gasteiger charge is 2.38. The fourth-order valence-corrected chi connectivity index (χ4v) is 5.74. The molecule has 3 aromatic rings. The van der Waals surface area contributed by atoms with Crippen LogP contribution in [0.5, 0.6) is 0 Å². The number of rotatable bonds is 4. The van der Waals surface area contributed by atoms with Crippen molar-refractivity contribution in [2.24, 2.45) is 0 Å². The van der Waals surface area contributed by atoms with E-state index in [1.165, 1.54) is 5.56 Å². The molecule has 0 nitrogen and oxygen atoms in total. The predicted molar refractivity (Wildman–Crippen MR) is 93.9 cm³/mol. The van der Waals surface area contributed by atoms with Crippen LogP contribution in [-0.2, 0) is 6.04 Å². The van der Waals surface area contributed by atoms with E-state index >= 15 is 4.11 Å². The Kier molecular flexibility index (Phi) is 4.21. The maximum atomic E-state index is 16.2. The predicted octanol–water partition coefficient (Wildman–Crippen LogP) is 3.81. The SMILES string of the molecule is Cc1ccc(C[Si](F)(c2ccccc2)c2ccccc2)cc1. The van der Waals surface area contributed by atoms with Gasteiger partial charge < -0.3 is 4.11 Å². The van der Waals surface area contributed by atoms with Crippen LogP contribution in [0.3, 0.4) is 0 Å². The molecule has 3 aromatic carbocycles. The summed E-state index contributed by atoms with van der Waals surface area (Å²) in [5.41, 5.74) is 2.27. The van der Waals surface area contributed by atoms with E-state index in [4.69, 9.17) is 0 Å². The minimum absolute atomic E-state index is 0.474. The lowest BCUT2D eigenvalue weighted by molar-refractivity contribution is 0.810. The van der Waals surface area contributed by atoms with Crippen molar-refractivity contribution in [3.8, 4) is 0 Å². The topological polar surface area (TPSA) is 0 Å². The minimum atomic E-state index is -3.26. The maximum Gasteiger partial charge on any atom is 0.312 e. The van der Waals surface area contributed by atoms with E-state index in [9.17, 15) is 0 Å². The Balaban J connectivity index is 2.05. The third-order valence-corrected chi connectivity index (χ3v) is 7.42. The molecule has 2 heteroatoms. The molecule has 0 aromatic heterocycles. The molecule has 110 valence electrons. The summed E-state index contributed by atoms with van der Waals surface area (Å²) in [6.07, 6.45) is 0. The molecule has 0 amide bonds. The van der Waals surface area contributed by atoms with E-state index in [0.717, 1.165) is 15.9 Å². The van der Waals surface area contributed by atoms with Gasteiger partial charge >= 0.3 is 8.41 Å². The van der Waals surface area contributed by atoms with Crippen LogP contribution in [0.1, 0.15) is 11.1 Å².